The smallest absolute Gasteiger partial charge is 0.317 e. The van der Waals surface area contributed by atoms with Crippen LogP contribution in [0, 0.1) is 52.4 Å². The van der Waals surface area contributed by atoms with Crippen LogP contribution in [0.25, 0.3) is 4.85 Å². The third kappa shape index (κ3) is 23.4. The van der Waals surface area contributed by atoms with Crippen molar-refractivity contribution in [1.29, 1.82) is 15.8 Å². The molecule has 0 aliphatic carbocycles. The molecule has 2 atom stereocenters. The van der Waals surface area contributed by atoms with Crippen LogP contribution in [0.15, 0.2) is 12.2 Å². The van der Waals surface area contributed by atoms with E-state index in [9.17, 15) is 14.4 Å². The summed E-state index contributed by atoms with van der Waals surface area (Å²) in [6, 6.07) is 5.77. The maximum absolute atomic E-state index is 11.2. The summed E-state index contributed by atoms with van der Waals surface area (Å²) in [5, 5.41) is 41.4. The number of amides is 6. The second-order valence-corrected chi connectivity index (χ2v) is 11.4. The van der Waals surface area contributed by atoms with Gasteiger partial charge in [0.15, 0.2) is 0 Å². The van der Waals surface area contributed by atoms with Gasteiger partial charge in [-0.15, -0.1) is 0 Å². The maximum Gasteiger partial charge on any atom is 0.317 e. The van der Waals surface area contributed by atoms with Gasteiger partial charge in [0.25, 0.3) is 0 Å². The number of aliphatic hydroxyl groups is 1. The van der Waals surface area contributed by atoms with Crippen molar-refractivity contribution in [3.8, 4) is 18.2 Å². The van der Waals surface area contributed by atoms with E-state index in [0.29, 0.717) is 116 Å². The van der Waals surface area contributed by atoms with E-state index in [1.165, 1.54) is 0 Å². The molecule has 0 spiro atoms. The largest absolute Gasteiger partial charge is 0.395 e. The molecule has 8 N–H and O–H groups in total. The summed E-state index contributed by atoms with van der Waals surface area (Å²) in [5.41, 5.74) is 11.6. The molecule has 2 unspecified atom stereocenters. The highest BCUT2D eigenvalue weighted by atomic mass is 16.5. The van der Waals surface area contributed by atoms with Crippen molar-refractivity contribution in [1.82, 2.24) is 30.7 Å². The summed E-state index contributed by atoms with van der Waals surface area (Å²) >= 11 is 0. The molecular formula is C33H56N12O6. The number of hydrogen-bond donors (Lipinski definition) is 6. The molecule has 0 saturated carbocycles. The Hall–Kier alpha value is -4.69. The van der Waals surface area contributed by atoms with Crippen LogP contribution >= 0.6 is 0 Å². The van der Waals surface area contributed by atoms with Crippen molar-refractivity contribution < 1.29 is 29.0 Å². The van der Waals surface area contributed by atoms with Gasteiger partial charge in [0.1, 0.15) is 0 Å². The van der Waals surface area contributed by atoms with Crippen molar-refractivity contribution in [2.75, 3.05) is 112 Å². The number of carbonyl (C=O) groups is 3. The first-order chi connectivity index (χ1) is 24.7. The minimum atomic E-state index is -0.225. The van der Waals surface area contributed by atoms with Gasteiger partial charge in [0, 0.05) is 77.3 Å². The zero-order chi connectivity index (χ0) is 38.1. The van der Waals surface area contributed by atoms with Gasteiger partial charge in [0.2, 0.25) is 6.54 Å². The SMILES string of the molecule is C=C(C#N)CCC#N.NCCCC(CN)COCCN1CCNC1=O.O=C1NCCN1CCO.[C-]#[N+]CCC(C#N)COCCN1CCNC1=O. The first kappa shape index (κ1) is 46.3. The molecule has 6 amide bonds. The topological polar surface area (TPSA) is 263 Å². The van der Waals surface area contributed by atoms with E-state index in [1.807, 2.05) is 12.1 Å². The lowest BCUT2D eigenvalue weighted by Gasteiger charge is -2.17. The minimum absolute atomic E-state index is 0.00658. The zero-order valence-corrected chi connectivity index (χ0v) is 29.7. The van der Waals surface area contributed by atoms with E-state index in [2.05, 4.69) is 33.4 Å². The van der Waals surface area contributed by atoms with Crippen molar-refractivity contribution in [3.63, 3.8) is 0 Å². The Kier molecular flexibility index (Phi) is 28.4. The third-order valence-electron chi connectivity index (χ3n) is 7.51. The summed E-state index contributed by atoms with van der Waals surface area (Å²) in [7, 11) is 0. The van der Waals surface area contributed by atoms with Gasteiger partial charge in [-0.3, -0.25) is 0 Å². The number of rotatable bonds is 20. The first-order valence-electron chi connectivity index (χ1n) is 17.1. The van der Waals surface area contributed by atoms with Crippen LogP contribution in [0.5, 0.6) is 0 Å². The summed E-state index contributed by atoms with van der Waals surface area (Å²) < 4.78 is 10.9. The fourth-order valence-electron chi connectivity index (χ4n) is 4.46. The Labute approximate surface area is 302 Å². The number of β-amino-alcohol motifs (C(OH)–C–C–N with tert-alkyl or cyclic N) is 1. The van der Waals surface area contributed by atoms with Gasteiger partial charge in [-0.25, -0.2) is 21.0 Å². The van der Waals surface area contributed by atoms with Crippen molar-refractivity contribution in [2.24, 2.45) is 23.3 Å². The van der Waals surface area contributed by atoms with Crippen LogP contribution in [-0.2, 0) is 9.47 Å². The van der Waals surface area contributed by atoms with E-state index in [4.69, 9.17) is 48.4 Å². The number of aliphatic hydroxyl groups excluding tert-OH is 1. The van der Waals surface area contributed by atoms with Crippen LogP contribution in [0.1, 0.15) is 32.1 Å². The lowest BCUT2D eigenvalue weighted by molar-refractivity contribution is 0.0860. The molecule has 0 aromatic heterocycles. The lowest BCUT2D eigenvalue weighted by Crippen LogP contribution is -2.32. The number of nitriles is 3. The standard InChI is InChI=1S/C11H16N4O2.C11H24N4O2.C6H6N2.C5H10N2O2/c1-13-3-2-10(8-12)9-17-7-6-15-5-4-14-11(15)16;12-3-1-2-10(8-13)9-17-7-6-15-5-4-14-11(15)16;1-6(5-8)3-2-4-7;8-4-3-7-2-1-6-5(7)9/h10H,2-7,9H2,(H,14,16);10H,1-9,12-13H2,(H,14,16);1-3H2;8H,1-4H2,(H,6,9). The van der Waals surface area contributed by atoms with E-state index >= 15 is 0 Å². The fourth-order valence-corrected chi connectivity index (χ4v) is 4.46. The number of urea groups is 3. The van der Waals surface area contributed by atoms with Crippen LogP contribution in [-0.4, -0.2) is 149 Å². The van der Waals surface area contributed by atoms with Crippen LogP contribution in [0.4, 0.5) is 14.4 Å². The first-order valence-corrected chi connectivity index (χ1v) is 17.1. The van der Waals surface area contributed by atoms with Gasteiger partial charge in [-0.2, -0.15) is 15.8 Å². The zero-order valence-electron chi connectivity index (χ0n) is 29.7. The second kappa shape index (κ2) is 31.3. The molecule has 0 aromatic rings. The number of carbonyl (C=O) groups excluding carboxylic acids is 3. The second-order valence-electron chi connectivity index (χ2n) is 11.4. The molecule has 18 nitrogen and oxygen atoms in total. The molecule has 3 aliphatic heterocycles. The highest BCUT2D eigenvalue weighted by Gasteiger charge is 2.20. The van der Waals surface area contributed by atoms with E-state index in [0.717, 1.165) is 32.5 Å². The third-order valence-corrected chi connectivity index (χ3v) is 7.51. The Balaban J connectivity index is 0.000000689. The average Bonchev–Trinajstić information content (AvgIpc) is 3.88. The molecular weight excluding hydrogens is 660 g/mol. The molecule has 51 heavy (non-hydrogen) atoms. The van der Waals surface area contributed by atoms with Crippen molar-refractivity contribution in [3.05, 3.63) is 23.6 Å². The fraction of sp³-hybridized carbons (Fsp3) is 0.727. The summed E-state index contributed by atoms with van der Waals surface area (Å²) in [4.78, 5) is 41.3. The van der Waals surface area contributed by atoms with Gasteiger partial charge >= 0.3 is 18.1 Å². The van der Waals surface area contributed by atoms with Crippen LogP contribution in [0.3, 0.4) is 0 Å². The number of ether oxygens (including phenoxy) is 2. The Morgan fingerprint density at radius 2 is 1.43 bits per heavy atom. The normalized spacial score (nSPS) is 15.4. The molecule has 3 heterocycles. The number of nitrogens with zero attached hydrogens (tertiary/aromatic N) is 7. The van der Waals surface area contributed by atoms with Gasteiger partial charge in [0.05, 0.1) is 57.2 Å². The molecule has 3 fully saturated rings. The van der Waals surface area contributed by atoms with E-state index < -0.39 is 0 Å². The van der Waals surface area contributed by atoms with Crippen molar-refractivity contribution in [2.45, 2.75) is 32.1 Å². The number of nitrogens with two attached hydrogens (primary N) is 2. The predicted octanol–water partition coefficient (Wildman–Crippen LogP) is 0.193. The monoisotopic (exact) mass is 716 g/mol. The predicted molar refractivity (Wildman–Crippen MR) is 189 cm³/mol. The maximum atomic E-state index is 11.2. The van der Waals surface area contributed by atoms with Gasteiger partial charge < -0.3 is 61.5 Å². The number of nitrogens with one attached hydrogen (secondary N) is 3. The van der Waals surface area contributed by atoms with E-state index in [1.54, 1.807) is 14.7 Å². The number of hydrogen-bond acceptors (Lipinski definition) is 11. The molecule has 0 bridgehead atoms. The highest BCUT2D eigenvalue weighted by Crippen LogP contribution is 2.06. The average molecular weight is 717 g/mol. The minimum Gasteiger partial charge on any atom is -0.395 e. The number of allylic oxidation sites excluding steroid dienone is 1. The summed E-state index contributed by atoms with van der Waals surface area (Å²) in [6.45, 7) is 19.8. The molecule has 0 radical (unpaired) electrons. The van der Waals surface area contributed by atoms with Crippen molar-refractivity contribution >= 4 is 18.1 Å². The molecule has 3 rings (SSSR count). The van der Waals surface area contributed by atoms with Gasteiger partial charge in [-0.1, -0.05) is 6.58 Å². The van der Waals surface area contributed by atoms with Crippen LogP contribution < -0.4 is 27.4 Å². The Bertz CT molecular complexity index is 1180. The van der Waals surface area contributed by atoms with Gasteiger partial charge in [-0.05, 0) is 38.3 Å². The van der Waals surface area contributed by atoms with Crippen LogP contribution in [0.2, 0.25) is 0 Å². The molecule has 3 saturated heterocycles. The summed E-state index contributed by atoms with van der Waals surface area (Å²) in [6.07, 6.45) is 3.44. The lowest BCUT2D eigenvalue weighted by atomic mass is 10.1. The summed E-state index contributed by atoms with van der Waals surface area (Å²) in [5.74, 6) is 0.155. The highest BCUT2D eigenvalue weighted by molar-refractivity contribution is 5.76. The molecule has 3 aliphatic rings. The van der Waals surface area contributed by atoms with E-state index in [-0.39, 0.29) is 30.6 Å². The Morgan fingerprint density at radius 3 is 1.82 bits per heavy atom. The molecule has 284 valence electrons. The Morgan fingerprint density at radius 1 is 0.902 bits per heavy atom. The quantitative estimate of drug-likeness (QED) is 0.0563. The molecule has 0 aromatic carbocycles. The molecule has 18 heteroatoms.